The van der Waals surface area contributed by atoms with Gasteiger partial charge in [-0.15, -0.1) is 0 Å². The average Bonchev–Trinajstić information content (AvgIpc) is 2.69. The van der Waals surface area contributed by atoms with Gasteiger partial charge in [-0.25, -0.2) is 0 Å². The largest absolute Gasteiger partial charge is 0.464 e. The number of alkyl halides is 9. The summed E-state index contributed by atoms with van der Waals surface area (Å²) in [5.74, 6) is -3.46. The van der Waals surface area contributed by atoms with Crippen molar-refractivity contribution < 1.29 is 63.7 Å². The van der Waals surface area contributed by atoms with E-state index in [0.717, 1.165) is 6.92 Å². The van der Waals surface area contributed by atoms with E-state index in [0.29, 0.717) is 13.8 Å². The molecule has 4 atom stereocenters. The number of hydrogen-bond donors (Lipinski definition) is 2. The van der Waals surface area contributed by atoms with Gasteiger partial charge in [0.2, 0.25) is 0 Å². The lowest BCUT2D eigenvalue weighted by Crippen LogP contribution is -2.50. The summed E-state index contributed by atoms with van der Waals surface area (Å²) in [6, 6.07) is 0. The van der Waals surface area contributed by atoms with E-state index in [1.165, 1.54) is 6.92 Å². The van der Waals surface area contributed by atoms with E-state index in [-0.39, 0.29) is 18.8 Å². The molecule has 226 valence electrons. The van der Waals surface area contributed by atoms with E-state index in [4.69, 9.17) is 4.74 Å². The normalized spacial score (nSPS) is 18.8. The molecule has 0 aromatic heterocycles. The van der Waals surface area contributed by atoms with Crippen molar-refractivity contribution in [3.05, 3.63) is 0 Å². The summed E-state index contributed by atoms with van der Waals surface area (Å²) in [6.07, 6.45) is -19.2. The number of carbonyl (C=O) groups excluding carboxylic acids is 2. The van der Waals surface area contributed by atoms with Gasteiger partial charge in [-0.05, 0) is 46.0 Å². The predicted molar refractivity (Wildman–Crippen MR) is 118 cm³/mol. The summed E-state index contributed by atoms with van der Waals surface area (Å²) in [5, 5.41) is 11.7. The summed E-state index contributed by atoms with van der Waals surface area (Å²) in [7, 11) is 0. The molecular formula is C23H36F9NO5. The first-order valence-corrected chi connectivity index (χ1v) is 11.8. The van der Waals surface area contributed by atoms with Gasteiger partial charge < -0.3 is 19.9 Å². The monoisotopic (exact) mass is 577 g/mol. The van der Waals surface area contributed by atoms with E-state index in [9.17, 15) is 54.2 Å². The molecule has 0 aliphatic heterocycles. The number of rotatable bonds is 14. The molecule has 0 aliphatic carbocycles. The molecule has 6 nitrogen and oxygen atoms in total. The van der Waals surface area contributed by atoms with Crippen molar-refractivity contribution in [2.75, 3.05) is 19.7 Å². The van der Waals surface area contributed by atoms with Gasteiger partial charge in [-0.2, -0.15) is 39.5 Å². The number of esters is 2. The molecule has 2 N–H and O–H groups in total. The molecule has 0 aliphatic rings. The Morgan fingerprint density at radius 2 is 1.42 bits per heavy atom. The van der Waals surface area contributed by atoms with Gasteiger partial charge in [0, 0.05) is 13.0 Å². The molecule has 0 saturated heterocycles. The van der Waals surface area contributed by atoms with Crippen LogP contribution in [0.15, 0.2) is 0 Å². The van der Waals surface area contributed by atoms with Gasteiger partial charge in [0.15, 0.2) is 11.0 Å². The number of halogens is 9. The molecule has 0 aromatic carbocycles. The molecule has 0 aromatic rings. The summed E-state index contributed by atoms with van der Waals surface area (Å²) in [5.41, 5.74) is -8.58. The number of carbonyl (C=O) groups is 2. The van der Waals surface area contributed by atoms with Crippen molar-refractivity contribution in [2.45, 2.75) is 97.5 Å². The van der Waals surface area contributed by atoms with Gasteiger partial charge in [0.25, 0.3) is 0 Å². The molecule has 0 fully saturated rings. The van der Waals surface area contributed by atoms with E-state index in [1.807, 2.05) is 5.32 Å². The van der Waals surface area contributed by atoms with Crippen LogP contribution in [0.3, 0.4) is 0 Å². The summed E-state index contributed by atoms with van der Waals surface area (Å²) < 4.78 is 128. The lowest BCUT2D eigenvalue weighted by molar-refractivity contribution is -0.263. The van der Waals surface area contributed by atoms with Gasteiger partial charge in [-0.3, -0.25) is 9.59 Å². The summed E-state index contributed by atoms with van der Waals surface area (Å²) in [6.45, 7) is 3.62. The second-order valence-electron chi connectivity index (χ2n) is 10.5. The Balaban J connectivity index is 5.81. The second-order valence-corrected chi connectivity index (χ2v) is 10.5. The topological polar surface area (TPSA) is 84.9 Å². The zero-order valence-corrected chi connectivity index (χ0v) is 22.1. The van der Waals surface area contributed by atoms with E-state index >= 15 is 0 Å². The fourth-order valence-electron chi connectivity index (χ4n) is 3.57. The van der Waals surface area contributed by atoms with Crippen LogP contribution < -0.4 is 5.32 Å². The lowest BCUT2D eigenvalue weighted by atomic mass is 9.71. The van der Waals surface area contributed by atoms with Crippen LogP contribution in [-0.4, -0.2) is 67.0 Å². The van der Waals surface area contributed by atoms with Crippen LogP contribution in [-0.2, 0) is 19.1 Å². The first-order valence-electron chi connectivity index (χ1n) is 11.8. The highest BCUT2D eigenvalue weighted by atomic mass is 19.4. The molecule has 4 unspecified atom stereocenters. The standard InChI is InChI=1S/C23H36F9NO5/c1-7-18(4,16(34)38-15(10-14(2)3)11-20(6,36)23(30,31)32)12-19(5,22(27,28)29)17(35)37-9-8-33-13-21(24,25)26/h14-15,33,36H,7-13H2,1-6H3. The lowest BCUT2D eigenvalue weighted by Gasteiger charge is -2.38. The highest BCUT2D eigenvalue weighted by Gasteiger charge is 2.61. The van der Waals surface area contributed by atoms with Crippen LogP contribution in [0.4, 0.5) is 39.5 Å². The van der Waals surface area contributed by atoms with E-state index in [2.05, 4.69) is 4.74 Å². The maximum absolute atomic E-state index is 14.0. The number of hydrogen-bond acceptors (Lipinski definition) is 6. The van der Waals surface area contributed by atoms with Crippen molar-refractivity contribution in [2.24, 2.45) is 16.7 Å². The maximum Gasteiger partial charge on any atom is 0.417 e. The van der Waals surface area contributed by atoms with Gasteiger partial charge in [0.1, 0.15) is 12.7 Å². The number of aliphatic hydroxyl groups is 1. The summed E-state index contributed by atoms with van der Waals surface area (Å²) in [4.78, 5) is 25.5. The highest BCUT2D eigenvalue weighted by molar-refractivity contribution is 5.81. The third-order valence-corrected chi connectivity index (χ3v) is 6.17. The Kier molecular flexibility index (Phi) is 12.4. The Morgan fingerprint density at radius 3 is 1.82 bits per heavy atom. The molecule has 0 spiro atoms. The van der Waals surface area contributed by atoms with Crippen LogP contribution in [0.5, 0.6) is 0 Å². The van der Waals surface area contributed by atoms with Crippen molar-refractivity contribution in [3.8, 4) is 0 Å². The van der Waals surface area contributed by atoms with Crippen LogP contribution in [0, 0.1) is 16.7 Å². The summed E-state index contributed by atoms with van der Waals surface area (Å²) >= 11 is 0. The molecule has 0 radical (unpaired) electrons. The fourth-order valence-corrected chi connectivity index (χ4v) is 3.57. The first-order chi connectivity index (χ1) is 16.8. The Morgan fingerprint density at radius 1 is 0.895 bits per heavy atom. The van der Waals surface area contributed by atoms with Gasteiger partial charge in [0.05, 0.1) is 12.0 Å². The fraction of sp³-hybridized carbons (Fsp3) is 0.913. The molecule has 0 saturated carbocycles. The van der Waals surface area contributed by atoms with E-state index in [1.54, 1.807) is 13.8 Å². The molecule has 15 heteroatoms. The molecule has 0 amide bonds. The molecular weight excluding hydrogens is 541 g/mol. The molecule has 38 heavy (non-hydrogen) atoms. The maximum atomic E-state index is 14.0. The number of nitrogens with one attached hydrogen (secondary N) is 1. The minimum Gasteiger partial charge on any atom is -0.464 e. The zero-order valence-electron chi connectivity index (χ0n) is 22.1. The zero-order chi connectivity index (χ0) is 30.4. The second kappa shape index (κ2) is 13.1. The van der Waals surface area contributed by atoms with Crippen LogP contribution in [0.25, 0.3) is 0 Å². The van der Waals surface area contributed by atoms with Crippen molar-refractivity contribution >= 4 is 11.9 Å². The Bertz CT molecular complexity index is 781. The SMILES string of the molecule is CCC(C)(CC(C)(C(=O)OCCNCC(F)(F)F)C(F)(F)F)C(=O)OC(CC(C)C)CC(C)(O)C(F)(F)F. The van der Waals surface area contributed by atoms with E-state index < -0.39 is 85.5 Å². The molecule has 0 rings (SSSR count). The quantitative estimate of drug-likeness (QED) is 0.156. The van der Waals surface area contributed by atoms with Gasteiger partial charge in [-0.1, -0.05) is 20.8 Å². The molecule has 0 bridgehead atoms. The van der Waals surface area contributed by atoms with Crippen molar-refractivity contribution in [1.29, 1.82) is 0 Å². The van der Waals surface area contributed by atoms with Crippen LogP contribution in [0.2, 0.25) is 0 Å². The number of ether oxygens (including phenoxy) is 2. The van der Waals surface area contributed by atoms with Crippen LogP contribution >= 0.6 is 0 Å². The van der Waals surface area contributed by atoms with Crippen molar-refractivity contribution in [1.82, 2.24) is 5.32 Å². The third kappa shape index (κ3) is 10.8. The smallest absolute Gasteiger partial charge is 0.417 e. The van der Waals surface area contributed by atoms with Crippen molar-refractivity contribution in [3.63, 3.8) is 0 Å². The Labute approximate surface area is 215 Å². The van der Waals surface area contributed by atoms with Crippen LogP contribution in [0.1, 0.15) is 67.2 Å². The predicted octanol–water partition coefficient (Wildman–Crippen LogP) is 5.72. The highest BCUT2D eigenvalue weighted by Crippen LogP contribution is 2.49. The first kappa shape index (κ1) is 36.2. The average molecular weight is 578 g/mol. The third-order valence-electron chi connectivity index (χ3n) is 6.17. The molecule has 0 heterocycles. The minimum atomic E-state index is -5.27. The minimum absolute atomic E-state index is 0.138. The Hall–Kier alpha value is -1.77. The van der Waals surface area contributed by atoms with Gasteiger partial charge >= 0.3 is 30.5 Å².